The standard InChI is InChI=1S/C22H24N2O3S2/c1-26-22(25)17-8-6-16(7-9-17)21-23-18(15-29-21)12-24(13-19-4-2-10-27-19)14-20-5-3-11-28-20/h3,5-9,11,15,19H,2,4,10,12-14H2,1H3. The largest absolute Gasteiger partial charge is 0.465 e. The van der Waals surface area contributed by atoms with E-state index >= 15 is 0 Å². The van der Waals surface area contributed by atoms with Crippen molar-refractivity contribution in [3.05, 3.63) is 63.3 Å². The Morgan fingerprint density at radius 1 is 1.24 bits per heavy atom. The van der Waals surface area contributed by atoms with Crippen LogP contribution in [0.1, 0.15) is 33.8 Å². The van der Waals surface area contributed by atoms with E-state index in [0.717, 1.165) is 55.3 Å². The van der Waals surface area contributed by atoms with E-state index in [9.17, 15) is 4.79 Å². The summed E-state index contributed by atoms with van der Waals surface area (Å²) in [7, 11) is 1.39. The van der Waals surface area contributed by atoms with Crippen molar-refractivity contribution in [1.82, 2.24) is 9.88 Å². The van der Waals surface area contributed by atoms with Gasteiger partial charge >= 0.3 is 5.97 Å². The highest BCUT2D eigenvalue weighted by Crippen LogP contribution is 2.26. The molecule has 0 amide bonds. The molecule has 1 aliphatic rings. The molecule has 1 unspecified atom stereocenters. The molecule has 0 aliphatic carbocycles. The fourth-order valence-electron chi connectivity index (χ4n) is 3.49. The summed E-state index contributed by atoms with van der Waals surface area (Å²) >= 11 is 3.42. The van der Waals surface area contributed by atoms with Crippen LogP contribution in [0.2, 0.25) is 0 Å². The molecule has 1 fully saturated rings. The van der Waals surface area contributed by atoms with Gasteiger partial charge in [-0.2, -0.15) is 0 Å². The Morgan fingerprint density at radius 3 is 2.79 bits per heavy atom. The molecule has 152 valence electrons. The third-order valence-corrected chi connectivity index (χ3v) is 6.74. The van der Waals surface area contributed by atoms with Gasteiger partial charge in [0.15, 0.2) is 0 Å². The summed E-state index contributed by atoms with van der Waals surface area (Å²) in [5.41, 5.74) is 2.63. The summed E-state index contributed by atoms with van der Waals surface area (Å²) in [6.07, 6.45) is 2.61. The number of nitrogens with zero attached hydrogens (tertiary/aromatic N) is 2. The monoisotopic (exact) mass is 428 g/mol. The lowest BCUT2D eigenvalue weighted by molar-refractivity contribution is 0.0600. The van der Waals surface area contributed by atoms with Crippen LogP contribution in [0.15, 0.2) is 47.2 Å². The molecule has 0 N–H and O–H groups in total. The first-order chi connectivity index (χ1) is 14.2. The number of hydrogen-bond acceptors (Lipinski definition) is 7. The van der Waals surface area contributed by atoms with Gasteiger partial charge in [-0.05, 0) is 36.4 Å². The van der Waals surface area contributed by atoms with Crippen molar-refractivity contribution < 1.29 is 14.3 Å². The zero-order valence-corrected chi connectivity index (χ0v) is 18.0. The Balaban J connectivity index is 1.45. The quantitative estimate of drug-likeness (QED) is 0.481. The lowest BCUT2D eigenvalue weighted by atomic mass is 10.1. The number of methoxy groups -OCH3 is 1. The SMILES string of the molecule is COC(=O)c1ccc(-c2nc(CN(Cc3cccs3)CC3CCCO3)cs2)cc1. The maximum absolute atomic E-state index is 11.6. The minimum absolute atomic E-state index is 0.318. The number of esters is 1. The average Bonchev–Trinajstić information content (AvgIpc) is 3.51. The Morgan fingerprint density at radius 2 is 2.10 bits per heavy atom. The summed E-state index contributed by atoms with van der Waals surface area (Å²) in [5.74, 6) is -0.324. The van der Waals surface area contributed by atoms with Crippen LogP contribution in [0, 0.1) is 0 Å². The molecule has 7 heteroatoms. The van der Waals surface area contributed by atoms with Crippen molar-refractivity contribution in [1.29, 1.82) is 0 Å². The van der Waals surface area contributed by atoms with Crippen LogP contribution in [0.25, 0.3) is 10.6 Å². The second-order valence-electron chi connectivity index (χ2n) is 7.10. The number of thiophene rings is 1. The van der Waals surface area contributed by atoms with Crippen molar-refractivity contribution in [3.8, 4) is 10.6 Å². The molecule has 1 saturated heterocycles. The molecule has 4 rings (SSSR count). The van der Waals surface area contributed by atoms with Gasteiger partial charge in [-0.3, -0.25) is 4.90 Å². The fourth-order valence-corrected chi connectivity index (χ4v) is 5.06. The summed E-state index contributed by atoms with van der Waals surface area (Å²) in [4.78, 5) is 20.2. The van der Waals surface area contributed by atoms with Crippen LogP contribution in [-0.2, 0) is 22.6 Å². The Bertz CT molecular complexity index is 916. The van der Waals surface area contributed by atoms with Gasteiger partial charge in [0.2, 0.25) is 0 Å². The van der Waals surface area contributed by atoms with Crippen LogP contribution in [-0.4, -0.2) is 42.2 Å². The number of thiazole rings is 1. The van der Waals surface area contributed by atoms with Gasteiger partial charge in [0.1, 0.15) is 5.01 Å². The van der Waals surface area contributed by atoms with E-state index in [4.69, 9.17) is 14.5 Å². The molecular weight excluding hydrogens is 404 g/mol. The summed E-state index contributed by atoms with van der Waals surface area (Å²) in [6, 6.07) is 11.7. The van der Waals surface area contributed by atoms with Gasteiger partial charge in [-0.25, -0.2) is 9.78 Å². The molecule has 0 radical (unpaired) electrons. The van der Waals surface area contributed by atoms with Gasteiger partial charge < -0.3 is 9.47 Å². The summed E-state index contributed by atoms with van der Waals surface area (Å²) in [6.45, 7) is 3.52. The highest BCUT2D eigenvalue weighted by molar-refractivity contribution is 7.13. The lowest BCUT2D eigenvalue weighted by Crippen LogP contribution is -2.31. The molecule has 1 aliphatic heterocycles. The highest BCUT2D eigenvalue weighted by Gasteiger charge is 2.20. The van der Waals surface area contributed by atoms with Crippen LogP contribution in [0.4, 0.5) is 0 Å². The molecule has 5 nitrogen and oxygen atoms in total. The van der Waals surface area contributed by atoms with Crippen molar-refractivity contribution in [2.75, 3.05) is 20.3 Å². The Hall–Kier alpha value is -2.06. The van der Waals surface area contributed by atoms with E-state index in [1.807, 2.05) is 12.1 Å². The molecule has 0 spiro atoms. The van der Waals surface area contributed by atoms with Crippen LogP contribution >= 0.6 is 22.7 Å². The van der Waals surface area contributed by atoms with E-state index in [-0.39, 0.29) is 5.97 Å². The Kier molecular flexibility index (Phi) is 6.71. The fraction of sp³-hybridized carbons (Fsp3) is 0.364. The predicted molar refractivity (Wildman–Crippen MR) is 116 cm³/mol. The number of carbonyl (C=O) groups excluding carboxylic acids is 1. The van der Waals surface area contributed by atoms with Gasteiger partial charge in [-0.15, -0.1) is 22.7 Å². The number of carbonyl (C=O) groups is 1. The van der Waals surface area contributed by atoms with Crippen LogP contribution < -0.4 is 0 Å². The summed E-state index contributed by atoms with van der Waals surface area (Å²) in [5, 5.41) is 5.21. The Labute approximate surface area is 178 Å². The zero-order chi connectivity index (χ0) is 20.1. The normalized spacial score (nSPS) is 16.4. The maximum atomic E-state index is 11.6. The number of aromatic nitrogens is 1. The lowest BCUT2D eigenvalue weighted by Gasteiger charge is -2.23. The molecule has 3 heterocycles. The van der Waals surface area contributed by atoms with Gasteiger partial charge in [0, 0.05) is 42.1 Å². The van der Waals surface area contributed by atoms with Crippen molar-refractivity contribution in [2.45, 2.75) is 32.0 Å². The maximum Gasteiger partial charge on any atom is 0.337 e. The van der Waals surface area contributed by atoms with Crippen LogP contribution in [0.3, 0.4) is 0 Å². The molecule has 29 heavy (non-hydrogen) atoms. The molecule has 0 saturated carbocycles. The second-order valence-corrected chi connectivity index (χ2v) is 8.99. The second kappa shape index (κ2) is 9.63. The molecule has 0 bridgehead atoms. The first kappa shape index (κ1) is 20.2. The topological polar surface area (TPSA) is 51.7 Å². The molecule has 1 atom stereocenters. The number of rotatable bonds is 8. The molecule has 3 aromatic rings. The molecular formula is C22H24N2O3S2. The minimum atomic E-state index is -0.324. The summed E-state index contributed by atoms with van der Waals surface area (Å²) < 4.78 is 10.6. The van der Waals surface area contributed by atoms with Crippen molar-refractivity contribution in [3.63, 3.8) is 0 Å². The van der Waals surface area contributed by atoms with Gasteiger partial charge in [-0.1, -0.05) is 18.2 Å². The zero-order valence-electron chi connectivity index (χ0n) is 16.4. The predicted octanol–water partition coefficient (Wildman–Crippen LogP) is 4.84. The van der Waals surface area contributed by atoms with Crippen molar-refractivity contribution in [2.24, 2.45) is 0 Å². The number of hydrogen-bond donors (Lipinski definition) is 0. The van der Waals surface area contributed by atoms with Gasteiger partial charge in [0.25, 0.3) is 0 Å². The van der Waals surface area contributed by atoms with Crippen molar-refractivity contribution >= 4 is 28.6 Å². The van der Waals surface area contributed by atoms with E-state index in [0.29, 0.717) is 11.7 Å². The third kappa shape index (κ3) is 5.30. The van der Waals surface area contributed by atoms with E-state index in [1.165, 1.54) is 12.0 Å². The van der Waals surface area contributed by atoms with Gasteiger partial charge in [0.05, 0.1) is 24.5 Å². The van der Waals surface area contributed by atoms with E-state index in [2.05, 4.69) is 27.8 Å². The third-order valence-electron chi connectivity index (χ3n) is 4.94. The molecule has 1 aromatic carbocycles. The highest BCUT2D eigenvalue weighted by atomic mass is 32.1. The van der Waals surface area contributed by atoms with E-state index < -0.39 is 0 Å². The first-order valence-electron chi connectivity index (χ1n) is 9.71. The first-order valence-corrected chi connectivity index (χ1v) is 11.5. The average molecular weight is 429 g/mol. The molecule has 2 aromatic heterocycles. The minimum Gasteiger partial charge on any atom is -0.465 e. The smallest absolute Gasteiger partial charge is 0.337 e. The number of ether oxygens (including phenoxy) is 2. The van der Waals surface area contributed by atoms with E-state index in [1.54, 1.807) is 34.8 Å². The number of benzene rings is 1. The van der Waals surface area contributed by atoms with Crippen LogP contribution in [0.5, 0.6) is 0 Å².